The number of carboxylic acid groups (broad SMARTS) is 1. The summed E-state index contributed by atoms with van der Waals surface area (Å²) in [5.74, 6) is 0.755. The van der Waals surface area contributed by atoms with Crippen LogP contribution in [0.25, 0.3) is 0 Å². The number of carboxylic acids is 1. The molecule has 0 radical (unpaired) electrons. The highest BCUT2D eigenvalue weighted by molar-refractivity contribution is 7.99. The summed E-state index contributed by atoms with van der Waals surface area (Å²) in [4.78, 5) is 11.1. The van der Waals surface area contributed by atoms with Crippen molar-refractivity contribution in [1.82, 2.24) is 4.72 Å². The van der Waals surface area contributed by atoms with E-state index in [0.717, 1.165) is 17.9 Å². The van der Waals surface area contributed by atoms with Crippen molar-refractivity contribution in [3.05, 3.63) is 29.3 Å². The number of hydrogen-bond acceptors (Lipinski definition) is 4. The van der Waals surface area contributed by atoms with E-state index in [1.54, 1.807) is 25.6 Å². The van der Waals surface area contributed by atoms with Crippen LogP contribution in [-0.4, -0.2) is 37.0 Å². The van der Waals surface area contributed by atoms with Gasteiger partial charge in [0.2, 0.25) is 10.0 Å². The molecule has 0 heterocycles. The smallest absolute Gasteiger partial charge is 0.335 e. The summed E-state index contributed by atoms with van der Waals surface area (Å²) in [5, 5.41) is 9.06. The Morgan fingerprint density at radius 3 is 2.67 bits per heavy atom. The molecular weight excluding hydrogens is 310 g/mol. The molecule has 1 unspecified atom stereocenters. The number of hydrogen-bond donors (Lipinski definition) is 2. The normalized spacial score (nSPS) is 13.1. The molecule has 21 heavy (non-hydrogen) atoms. The third-order valence-corrected chi connectivity index (χ3v) is 5.53. The van der Waals surface area contributed by atoms with Gasteiger partial charge in [0.1, 0.15) is 0 Å². The van der Waals surface area contributed by atoms with E-state index in [2.05, 4.69) is 11.6 Å². The van der Waals surface area contributed by atoms with Gasteiger partial charge in [0.05, 0.1) is 10.5 Å². The van der Waals surface area contributed by atoms with Crippen molar-refractivity contribution < 1.29 is 18.3 Å². The molecule has 7 heteroatoms. The van der Waals surface area contributed by atoms with Gasteiger partial charge in [-0.05, 0) is 49.5 Å². The van der Waals surface area contributed by atoms with Crippen LogP contribution in [0.2, 0.25) is 0 Å². The molecule has 1 aromatic rings. The Balaban J connectivity index is 2.88. The van der Waals surface area contributed by atoms with Crippen LogP contribution < -0.4 is 4.72 Å². The largest absolute Gasteiger partial charge is 0.478 e. The van der Waals surface area contributed by atoms with Crippen LogP contribution in [0.3, 0.4) is 0 Å². The van der Waals surface area contributed by atoms with Crippen LogP contribution >= 0.6 is 11.8 Å². The van der Waals surface area contributed by atoms with Crippen molar-refractivity contribution in [3.63, 3.8) is 0 Å². The SMILES string of the molecule is CCSCCC(C)NS(=O)(=O)c1ccc(C)c(C(=O)O)c1. The van der Waals surface area contributed by atoms with Crippen LogP contribution in [-0.2, 0) is 10.0 Å². The number of aryl methyl sites for hydroxylation is 1. The Hall–Kier alpha value is -1.05. The molecule has 0 aromatic heterocycles. The number of rotatable bonds is 8. The minimum Gasteiger partial charge on any atom is -0.478 e. The third-order valence-electron chi connectivity index (χ3n) is 3.01. The summed E-state index contributed by atoms with van der Waals surface area (Å²) in [6.07, 6.45) is 0.732. The number of benzene rings is 1. The van der Waals surface area contributed by atoms with E-state index < -0.39 is 16.0 Å². The lowest BCUT2D eigenvalue weighted by atomic mass is 10.1. The Bertz CT molecular complexity index is 599. The molecule has 118 valence electrons. The zero-order valence-corrected chi connectivity index (χ0v) is 14.1. The fourth-order valence-electron chi connectivity index (χ4n) is 1.79. The standard InChI is InChI=1S/C14H21NO4S2/c1-4-20-8-7-11(3)15-21(18,19)12-6-5-10(2)13(9-12)14(16)17/h5-6,9,11,15H,4,7-8H2,1-3H3,(H,16,17). The summed E-state index contributed by atoms with van der Waals surface area (Å²) in [6, 6.07) is 3.95. The predicted octanol–water partition coefficient (Wildman–Crippen LogP) is 2.50. The summed E-state index contributed by atoms with van der Waals surface area (Å²) < 4.78 is 27.1. The highest BCUT2D eigenvalue weighted by atomic mass is 32.2. The van der Waals surface area contributed by atoms with Crippen LogP contribution in [0.1, 0.15) is 36.2 Å². The van der Waals surface area contributed by atoms with Gasteiger partial charge in [-0.25, -0.2) is 17.9 Å². The molecule has 0 saturated heterocycles. The van der Waals surface area contributed by atoms with Gasteiger partial charge in [-0.3, -0.25) is 0 Å². The zero-order chi connectivity index (χ0) is 16.0. The molecule has 5 nitrogen and oxygen atoms in total. The van der Waals surface area contributed by atoms with Crippen molar-refractivity contribution in [2.75, 3.05) is 11.5 Å². The average molecular weight is 331 g/mol. The van der Waals surface area contributed by atoms with E-state index >= 15 is 0 Å². The minimum atomic E-state index is -3.69. The molecule has 2 N–H and O–H groups in total. The summed E-state index contributed by atoms with van der Waals surface area (Å²) >= 11 is 1.75. The molecule has 0 bridgehead atoms. The van der Waals surface area contributed by atoms with E-state index in [4.69, 9.17) is 5.11 Å². The predicted molar refractivity (Wildman–Crippen MR) is 85.5 cm³/mol. The topological polar surface area (TPSA) is 83.5 Å². The van der Waals surface area contributed by atoms with Gasteiger partial charge in [0.25, 0.3) is 0 Å². The van der Waals surface area contributed by atoms with Crippen molar-refractivity contribution >= 4 is 27.8 Å². The quantitative estimate of drug-likeness (QED) is 0.715. The molecule has 0 aliphatic heterocycles. The Morgan fingerprint density at radius 1 is 1.43 bits per heavy atom. The van der Waals surface area contributed by atoms with Crippen molar-refractivity contribution in [1.29, 1.82) is 0 Å². The number of aromatic carboxylic acids is 1. The summed E-state index contributed by atoms with van der Waals surface area (Å²) in [6.45, 7) is 5.50. The molecule has 0 spiro atoms. The van der Waals surface area contributed by atoms with Gasteiger partial charge in [-0.1, -0.05) is 13.0 Å². The Kier molecular flexibility index (Phi) is 6.70. The van der Waals surface area contributed by atoms with Gasteiger partial charge >= 0.3 is 5.97 Å². The fraction of sp³-hybridized carbons (Fsp3) is 0.500. The summed E-state index contributed by atoms with van der Waals surface area (Å²) in [7, 11) is -3.69. The molecule has 0 aliphatic carbocycles. The maximum atomic E-state index is 12.3. The number of carbonyl (C=O) groups is 1. The van der Waals surface area contributed by atoms with Gasteiger partial charge < -0.3 is 5.11 Å². The van der Waals surface area contributed by atoms with E-state index in [1.165, 1.54) is 18.2 Å². The Labute approximate surface area is 130 Å². The van der Waals surface area contributed by atoms with Crippen LogP contribution in [0, 0.1) is 6.92 Å². The van der Waals surface area contributed by atoms with Crippen molar-refractivity contribution in [3.8, 4) is 0 Å². The molecule has 0 aliphatic rings. The van der Waals surface area contributed by atoms with E-state index in [1.807, 2.05) is 0 Å². The van der Waals surface area contributed by atoms with E-state index in [0.29, 0.717) is 5.56 Å². The molecule has 0 amide bonds. The highest BCUT2D eigenvalue weighted by Gasteiger charge is 2.19. The molecule has 1 rings (SSSR count). The lowest BCUT2D eigenvalue weighted by Gasteiger charge is -2.14. The Morgan fingerprint density at radius 2 is 2.10 bits per heavy atom. The first-order chi connectivity index (χ1) is 9.77. The van der Waals surface area contributed by atoms with E-state index in [9.17, 15) is 13.2 Å². The second-order valence-electron chi connectivity index (χ2n) is 4.79. The second kappa shape index (κ2) is 7.82. The molecule has 1 aromatic carbocycles. The fourth-order valence-corrected chi connectivity index (χ4v) is 3.91. The first-order valence-electron chi connectivity index (χ1n) is 6.72. The average Bonchev–Trinajstić information content (AvgIpc) is 2.38. The lowest BCUT2D eigenvalue weighted by Crippen LogP contribution is -2.33. The lowest BCUT2D eigenvalue weighted by molar-refractivity contribution is 0.0696. The minimum absolute atomic E-state index is 0.00654. The molecule has 0 fully saturated rings. The number of sulfonamides is 1. The third kappa shape index (κ3) is 5.33. The highest BCUT2D eigenvalue weighted by Crippen LogP contribution is 2.16. The van der Waals surface area contributed by atoms with Gasteiger partial charge in [0.15, 0.2) is 0 Å². The first kappa shape index (κ1) is 18.0. The zero-order valence-electron chi connectivity index (χ0n) is 12.4. The van der Waals surface area contributed by atoms with Crippen molar-refractivity contribution in [2.24, 2.45) is 0 Å². The van der Waals surface area contributed by atoms with Crippen LogP contribution in [0.4, 0.5) is 0 Å². The van der Waals surface area contributed by atoms with Crippen LogP contribution in [0.5, 0.6) is 0 Å². The van der Waals surface area contributed by atoms with Crippen LogP contribution in [0.15, 0.2) is 23.1 Å². The van der Waals surface area contributed by atoms with E-state index in [-0.39, 0.29) is 16.5 Å². The van der Waals surface area contributed by atoms with Gasteiger partial charge in [0, 0.05) is 6.04 Å². The van der Waals surface area contributed by atoms with Gasteiger partial charge in [-0.15, -0.1) is 0 Å². The monoisotopic (exact) mass is 331 g/mol. The van der Waals surface area contributed by atoms with Crippen molar-refractivity contribution in [2.45, 2.75) is 38.1 Å². The number of nitrogens with one attached hydrogen (secondary N) is 1. The second-order valence-corrected chi connectivity index (χ2v) is 7.90. The molecular formula is C14H21NO4S2. The molecule has 0 saturated carbocycles. The summed E-state index contributed by atoms with van der Waals surface area (Å²) in [5.41, 5.74) is 0.543. The number of thioether (sulfide) groups is 1. The maximum absolute atomic E-state index is 12.3. The van der Waals surface area contributed by atoms with Gasteiger partial charge in [-0.2, -0.15) is 11.8 Å². The molecule has 1 atom stereocenters. The first-order valence-corrected chi connectivity index (χ1v) is 9.35. The maximum Gasteiger partial charge on any atom is 0.335 e.